The van der Waals surface area contributed by atoms with E-state index >= 15 is 0 Å². The van der Waals surface area contributed by atoms with Gasteiger partial charge in [0.15, 0.2) is 0 Å². The Morgan fingerprint density at radius 2 is 1.70 bits per heavy atom. The summed E-state index contributed by atoms with van der Waals surface area (Å²) < 4.78 is 1.40. The van der Waals surface area contributed by atoms with Gasteiger partial charge in [-0.15, -0.1) is 11.3 Å². The minimum atomic E-state index is 1.16. The van der Waals surface area contributed by atoms with Gasteiger partial charge in [0.2, 0.25) is 0 Å². The average molecular weight is 276 g/mol. The zero-order valence-corrected chi connectivity index (χ0v) is 12.3. The third-order valence-corrected chi connectivity index (χ3v) is 5.53. The number of fused-ring (bicyclic) bond motifs is 2. The summed E-state index contributed by atoms with van der Waals surface area (Å²) in [5.41, 5.74) is 5.82. The van der Waals surface area contributed by atoms with E-state index in [1.54, 1.807) is 0 Å². The first-order valence-corrected chi connectivity index (χ1v) is 7.91. The monoisotopic (exact) mass is 276 g/mol. The van der Waals surface area contributed by atoms with E-state index in [0.29, 0.717) is 0 Å². The van der Waals surface area contributed by atoms with Crippen LogP contribution in [-0.2, 0) is 6.42 Å². The topological polar surface area (TPSA) is 0 Å². The van der Waals surface area contributed by atoms with Crippen molar-refractivity contribution in [2.24, 2.45) is 0 Å². The summed E-state index contributed by atoms with van der Waals surface area (Å²) in [4.78, 5) is 1.47. The molecule has 0 saturated heterocycles. The fourth-order valence-electron chi connectivity index (χ4n) is 3.09. The van der Waals surface area contributed by atoms with Crippen molar-refractivity contribution >= 4 is 33.1 Å². The first kappa shape index (κ1) is 11.9. The highest BCUT2D eigenvalue weighted by atomic mass is 32.1. The lowest BCUT2D eigenvalue weighted by molar-refractivity contribution is 1.00. The van der Waals surface area contributed by atoms with Crippen LogP contribution in [0.25, 0.3) is 21.7 Å². The Hall–Kier alpha value is -1.86. The summed E-state index contributed by atoms with van der Waals surface area (Å²) in [6, 6.07) is 17.5. The Balaban J connectivity index is 1.88. The van der Waals surface area contributed by atoms with Crippen LogP contribution in [0, 0.1) is 6.92 Å². The van der Waals surface area contributed by atoms with Crippen LogP contribution in [0.3, 0.4) is 0 Å². The zero-order chi connectivity index (χ0) is 13.5. The Morgan fingerprint density at radius 3 is 2.60 bits per heavy atom. The predicted molar refractivity (Wildman–Crippen MR) is 89.2 cm³/mol. The Labute approximate surface area is 123 Å². The van der Waals surface area contributed by atoms with Gasteiger partial charge < -0.3 is 0 Å². The van der Waals surface area contributed by atoms with Crippen LogP contribution in [0.5, 0.6) is 0 Å². The Kier molecular flexibility index (Phi) is 2.75. The van der Waals surface area contributed by atoms with Crippen molar-refractivity contribution in [2.45, 2.75) is 19.8 Å². The summed E-state index contributed by atoms with van der Waals surface area (Å²) in [6.07, 6.45) is 4.71. The molecule has 0 atom stereocenters. The first-order valence-electron chi connectivity index (χ1n) is 7.10. The number of allylic oxidation sites excluding steroid dienone is 1. The van der Waals surface area contributed by atoms with E-state index in [0.717, 1.165) is 12.8 Å². The van der Waals surface area contributed by atoms with Crippen LogP contribution in [0.15, 0.2) is 48.5 Å². The number of hydrogen-bond acceptors (Lipinski definition) is 1. The second-order valence-corrected chi connectivity index (χ2v) is 6.47. The SMILES string of the molecule is Cc1c(C2=Cc3ccccc3CC2)sc2ccccc12. The quantitative estimate of drug-likeness (QED) is 0.535. The van der Waals surface area contributed by atoms with Crippen molar-refractivity contribution < 1.29 is 0 Å². The molecule has 98 valence electrons. The van der Waals surface area contributed by atoms with E-state index in [-0.39, 0.29) is 0 Å². The molecule has 2 aromatic carbocycles. The zero-order valence-electron chi connectivity index (χ0n) is 11.5. The van der Waals surface area contributed by atoms with Gasteiger partial charge in [-0.2, -0.15) is 0 Å². The van der Waals surface area contributed by atoms with Gasteiger partial charge in [-0.1, -0.05) is 48.5 Å². The maximum atomic E-state index is 2.39. The number of hydrogen-bond donors (Lipinski definition) is 0. The van der Waals surface area contributed by atoms with Crippen LogP contribution < -0.4 is 0 Å². The molecule has 1 aliphatic rings. The van der Waals surface area contributed by atoms with Crippen molar-refractivity contribution in [2.75, 3.05) is 0 Å². The summed E-state index contributed by atoms with van der Waals surface area (Å²) in [5.74, 6) is 0. The van der Waals surface area contributed by atoms with Crippen LogP contribution in [0.2, 0.25) is 0 Å². The van der Waals surface area contributed by atoms with E-state index < -0.39 is 0 Å². The molecule has 0 saturated carbocycles. The van der Waals surface area contributed by atoms with E-state index in [4.69, 9.17) is 0 Å². The molecular formula is C19H16S. The normalized spacial score (nSPS) is 14.2. The molecule has 3 aromatic rings. The third kappa shape index (κ3) is 1.82. The van der Waals surface area contributed by atoms with Gasteiger partial charge in [-0.25, -0.2) is 0 Å². The molecule has 0 aliphatic heterocycles. The highest BCUT2D eigenvalue weighted by Gasteiger charge is 2.16. The minimum absolute atomic E-state index is 1.16. The Bertz CT molecular complexity index is 821. The Morgan fingerprint density at radius 1 is 0.900 bits per heavy atom. The maximum absolute atomic E-state index is 2.39. The second-order valence-electron chi connectivity index (χ2n) is 5.42. The fraction of sp³-hybridized carbons (Fsp3) is 0.158. The summed E-state index contributed by atoms with van der Waals surface area (Å²) in [7, 11) is 0. The smallest absolute Gasteiger partial charge is 0.0352 e. The van der Waals surface area contributed by atoms with E-state index in [1.807, 2.05) is 11.3 Å². The molecule has 0 nitrogen and oxygen atoms in total. The molecule has 0 N–H and O–H groups in total. The molecule has 0 spiro atoms. The molecule has 0 unspecified atom stereocenters. The van der Waals surface area contributed by atoms with Gasteiger partial charge in [-0.05, 0) is 53.5 Å². The average Bonchev–Trinajstić information content (AvgIpc) is 2.84. The largest absolute Gasteiger partial charge is 0.135 e. The van der Waals surface area contributed by atoms with Crippen LogP contribution in [0.4, 0.5) is 0 Å². The highest BCUT2D eigenvalue weighted by Crippen LogP contribution is 2.39. The molecule has 0 fully saturated rings. The fourth-order valence-corrected chi connectivity index (χ4v) is 4.34. The van der Waals surface area contributed by atoms with Gasteiger partial charge >= 0.3 is 0 Å². The minimum Gasteiger partial charge on any atom is -0.135 e. The van der Waals surface area contributed by atoms with Crippen LogP contribution in [-0.4, -0.2) is 0 Å². The maximum Gasteiger partial charge on any atom is 0.0352 e. The third-order valence-electron chi connectivity index (χ3n) is 4.18. The van der Waals surface area contributed by atoms with Crippen molar-refractivity contribution in [3.8, 4) is 0 Å². The second kappa shape index (κ2) is 4.60. The van der Waals surface area contributed by atoms with Crippen LogP contribution >= 0.6 is 11.3 Å². The molecule has 20 heavy (non-hydrogen) atoms. The van der Waals surface area contributed by atoms with Gasteiger partial charge in [0, 0.05) is 9.58 Å². The highest BCUT2D eigenvalue weighted by molar-refractivity contribution is 7.20. The molecule has 1 heteroatoms. The predicted octanol–water partition coefficient (Wildman–Crippen LogP) is 5.70. The lowest BCUT2D eigenvalue weighted by Gasteiger charge is -2.16. The van der Waals surface area contributed by atoms with Crippen molar-refractivity contribution in [1.82, 2.24) is 0 Å². The molecule has 1 aliphatic carbocycles. The van der Waals surface area contributed by atoms with Crippen LogP contribution in [0.1, 0.15) is 28.0 Å². The number of aryl methyl sites for hydroxylation is 2. The van der Waals surface area contributed by atoms with Crippen molar-refractivity contribution in [3.05, 3.63) is 70.1 Å². The summed E-state index contributed by atoms with van der Waals surface area (Å²) in [5, 5.41) is 1.41. The molecule has 4 rings (SSSR count). The number of rotatable bonds is 1. The summed E-state index contributed by atoms with van der Waals surface area (Å²) in [6.45, 7) is 2.26. The standard InChI is InChI=1S/C19H16S/c1-13-17-8-4-5-9-18(17)20-19(13)16-11-10-14-6-2-3-7-15(14)12-16/h2-9,12H,10-11H2,1H3. The number of benzene rings is 2. The van der Waals surface area contributed by atoms with Gasteiger partial charge in [0.05, 0.1) is 0 Å². The van der Waals surface area contributed by atoms with E-state index in [9.17, 15) is 0 Å². The van der Waals surface area contributed by atoms with Gasteiger partial charge in [-0.3, -0.25) is 0 Å². The molecule has 0 amide bonds. The molecule has 0 bridgehead atoms. The lowest BCUT2D eigenvalue weighted by atomic mass is 9.90. The molecule has 0 radical (unpaired) electrons. The van der Waals surface area contributed by atoms with Gasteiger partial charge in [0.25, 0.3) is 0 Å². The summed E-state index contributed by atoms with van der Waals surface area (Å²) >= 11 is 1.94. The molecule has 1 aromatic heterocycles. The molecule has 1 heterocycles. The number of thiophene rings is 1. The van der Waals surface area contributed by atoms with E-state index in [1.165, 1.54) is 37.2 Å². The van der Waals surface area contributed by atoms with Crippen molar-refractivity contribution in [3.63, 3.8) is 0 Å². The van der Waals surface area contributed by atoms with Gasteiger partial charge in [0.1, 0.15) is 0 Å². The first-order chi connectivity index (χ1) is 9.83. The molecular weight excluding hydrogens is 260 g/mol. The van der Waals surface area contributed by atoms with E-state index in [2.05, 4.69) is 61.5 Å². The van der Waals surface area contributed by atoms with Crippen molar-refractivity contribution in [1.29, 1.82) is 0 Å². The lowest BCUT2D eigenvalue weighted by Crippen LogP contribution is -1.98.